The first-order valence-electron chi connectivity index (χ1n) is 11.0. The Morgan fingerprint density at radius 2 is 1.71 bits per heavy atom. The summed E-state index contributed by atoms with van der Waals surface area (Å²) in [6, 6.07) is 7.60. The summed E-state index contributed by atoms with van der Waals surface area (Å²) in [6.07, 6.45) is 1.70. The van der Waals surface area contributed by atoms with E-state index in [1.54, 1.807) is 12.1 Å². The molecule has 0 radical (unpaired) electrons. The van der Waals surface area contributed by atoms with E-state index in [1.807, 2.05) is 12.1 Å². The van der Waals surface area contributed by atoms with Crippen LogP contribution in [0.4, 0.5) is 0 Å². The Labute approximate surface area is 184 Å². The zero-order chi connectivity index (χ0) is 22.2. The van der Waals surface area contributed by atoms with Gasteiger partial charge in [-0.25, -0.2) is 12.7 Å². The van der Waals surface area contributed by atoms with Crippen molar-refractivity contribution in [3.63, 3.8) is 0 Å². The summed E-state index contributed by atoms with van der Waals surface area (Å²) in [5.41, 5.74) is 1.12. The summed E-state index contributed by atoms with van der Waals surface area (Å²) in [5, 5.41) is 0. The first-order chi connectivity index (χ1) is 14.8. The van der Waals surface area contributed by atoms with Crippen LogP contribution in [0.15, 0.2) is 34.2 Å². The third kappa shape index (κ3) is 4.30. The van der Waals surface area contributed by atoms with Crippen LogP contribution in [0.3, 0.4) is 0 Å². The van der Waals surface area contributed by atoms with Crippen LogP contribution < -0.4 is 0 Å². The van der Waals surface area contributed by atoms with E-state index in [0.717, 1.165) is 44.6 Å². The molecule has 170 valence electrons. The molecule has 9 heteroatoms. The average molecular weight is 449 g/mol. The third-order valence-electron chi connectivity index (χ3n) is 6.68. The van der Waals surface area contributed by atoms with E-state index in [1.165, 1.54) is 11.4 Å². The zero-order valence-electron chi connectivity index (χ0n) is 18.5. The molecule has 2 fully saturated rings. The van der Waals surface area contributed by atoms with Gasteiger partial charge < -0.3 is 9.64 Å². The number of hydrogen-bond donors (Lipinski definition) is 0. The molecule has 0 unspecified atom stereocenters. The predicted molar refractivity (Wildman–Crippen MR) is 118 cm³/mol. The molecule has 8 nitrogen and oxygen atoms in total. The Kier molecular flexibility index (Phi) is 6.25. The molecule has 0 bridgehead atoms. The SMILES string of the molecule is COC(=O)C1CC(N2CCN(C3=NCCN3S(=O)(=O)c3ccc(C(C)C)cc3)CC2)C1. The fourth-order valence-electron chi connectivity index (χ4n) is 4.59. The number of methoxy groups -OCH3 is 1. The molecular weight excluding hydrogens is 416 g/mol. The van der Waals surface area contributed by atoms with Gasteiger partial charge >= 0.3 is 5.97 Å². The van der Waals surface area contributed by atoms with E-state index in [2.05, 4.69) is 28.6 Å². The van der Waals surface area contributed by atoms with Crippen LogP contribution in [0.25, 0.3) is 0 Å². The maximum absolute atomic E-state index is 13.3. The number of benzene rings is 1. The maximum Gasteiger partial charge on any atom is 0.308 e. The fraction of sp³-hybridized carbons (Fsp3) is 0.636. The van der Waals surface area contributed by atoms with Gasteiger partial charge in [-0.05, 0) is 36.5 Å². The molecule has 2 aliphatic heterocycles. The second-order valence-electron chi connectivity index (χ2n) is 8.85. The summed E-state index contributed by atoms with van der Waals surface area (Å²) >= 11 is 0. The van der Waals surface area contributed by atoms with Gasteiger partial charge in [0.2, 0.25) is 5.96 Å². The highest BCUT2D eigenvalue weighted by molar-refractivity contribution is 7.89. The van der Waals surface area contributed by atoms with Gasteiger partial charge in [0.05, 0.1) is 31.0 Å². The number of ether oxygens (including phenoxy) is 1. The van der Waals surface area contributed by atoms with Crippen LogP contribution in [-0.2, 0) is 19.6 Å². The van der Waals surface area contributed by atoms with Crippen molar-refractivity contribution in [2.45, 2.75) is 43.5 Å². The minimum atomic E-state index is -3.63. The van der Waals surface area contributed by atoms with Crippen molar-refractivity contribution in [3.8, 4) is 0 Å². The minimum Gasteiger partial charge on any atom is -0.469 e. The normalized spacial score (nSPS) is 24.8. The maximum atomic E-state index is 13.3. The molecular formula is C22H32N4O4S. The Bertz CT molecular complexity index is 931. The molecule has 1 aromatic rings. The first kappa shape index (κ1) is 22.1. The Morgan fingerprint density at radius 3 is 2.29 bits per heavy atom. The number of carbonyl (C=O) groups is 1. The molecule has 0 aromatic heterocycles. The lowest BCUT2D eigenvalue weighted by Gasteiger charge is -2.46. The Hall–Kier alpha value is -2.13. The average Bonchev–Trinajstić information content (AvgIpc) is 3.24. The number of guanidine groups is 1. The first-order valence-corrected chi connectivity index (χ1v) is 12.5. The van der Waals surface area contributed by atoms with Crippen molar-refractivity contribution in [2.75, 3.05) is 46.4 Å². The number of nitrogens with zero attached hydrogens (tertiary/aromatic N) is 4. The van der Waals surface area contributed by atoms with Crippen LogP contribution in [-0.4, -0.2) is 86.9 Å². The second kappa shape index (κ2) is 8.78. The molecule has 0 atom stereocenters. The van der Waals surface area contributed by atoms with E-state index in [0.29, 0.717) is 35.9 Å². The van der Waals surface area contributed by atoms with E-state index < -0.39 is 10.0 Å². The standard InChI is InChI=1S/C22H32N4O4S/c1-16(2)17-4-6-20(7-5-17)31(28,29)26-9-8-23-22(26)25-12-10-24(11-13-25)19-14-18(15-19)21(27)30-3/h4-7,16,18-19H,8-15H2,1-3H3. The van der Waals surface area contributed by atoms with E-state index in [4.69, 9.17) is 4.74 Å². The number of piperazine rings is 1. The van der Waals surface area contributed by atoms with Gasteiger partial charge in [-0.1, -0.05) is 26.0 Å². The van der Waals surface area contributed by atoms with Crippen molar-refractivity contribution in [3.05, 3.63) is 29.8 Å². The molecule has 1 aromatic carbocycles. The number of hydrogen-bond acceptors (Lipinski definition) is 7. The van der Waals surface area contributed by atoms with Crippen LogP contribution >= 0.6 is 0 Å². The van der Waals surface area contributed by atoms with Crippen molar-refractivity contribution in [2.24, 2.45) is 10.9 Å². The number of esters is 1. The predicted octanol–water partition coefficient (Wildman–Crippen LogP) is 1.74. The van der Waals surface area contributed by atoms with E-state index >= 15 is 0 Å². The lowest BCUT2D eigenvalue weighted by atomic mass is 9.79. The van der Waals surface area contributed by atoms with Crippen molar-refractivity contribution >= 4 is 22.0 Å². The molecule has 31 heavy (non-hydrogen) atoms. The minimum absolute atomic E-state index is 0.0231. The summed E-state index contributed by atoms with van der Waals surface area (Å²) in [6.45, 7) is 8.20. The van der Waals surface area contributed by atoms with E-state index in [-0.39, 0.29) is 11.9 Å². The van der Waals surface area contributed by atoms with Gasteiger partial charge in [0.15, 0.2) is 0 Å². The molecule has 2 heterocycles. The van der Waals surface area contributed by atoms with Crippen molar-refractivity contribution in [1.29, 1.82) is 0 Å². The fourth-order valence-corrected chi connectivity index (χ4v) is 6.03. The van der Waals surface area contributed by atoms with Gasteiger partial charge in [-0.3, -0.25) is 14.7 Å². The summed E-state index contributed by atoms with van der Waals surface area (Å²) in [7, 11) is -2.19. The van der Waals surface area contributed by atoms with Gasteiger partial charge in [0.25, 0.3) is 10.0 Å². The largest absolute Gasteiger partial charge is 0.469 e. The van der Waals surface area contributed by atoms with E-state index in [9.17, 15) is 13.2 Å². The topological polar surface area (TPSA) is 82.5 Å². The van der Waals surface area contributed by atoms with Gasteiger partial charge in [0, 0.05) is 32.2 Å². The Balaban J connectivity index is 1.37. The van der Waals surface area contributed by atoms with Crippen LogP contribution in [0.2, 0.25) is 0 Å². The summed E-state index contributed by atoms with van der Waals surface area (Å²) in [5.74, 6) is 0.830. The highest BCUT2D eigenvalue weighted by Crippen LogP contribution is 2.33. The third-order valence-corrected chi connectivity index (χ3v) is 8.47. The molecule has 1 saturated heterocycles. The lowest BCUT2D eigenvalue weighted by molar-refractivity contribution is -0.151. The number of rotatable bonds is 5. The van der Waals surface area contributed by atoms with Crippen LogP contribution in [0, 0.1) is 5.92 Å². The molecule has 0 N–H and O–H groups in total. The quantitative estimate of drug-likeness (QED) is 0.638. The monoisotopic (exact) mass is 448 g/mol. The summed E-state index contributed by atoms with van der Waals surface area (Å²) < 4.78 is 32.9. The highest BCUT2D eigenvalue weighted by Gasteiger charge is 2.41. The number of aliphatic imine (C=N–C) groups is 1. The van der Waals surface area contributed by atoms with Gasteiger partial charge in [-0.15, -0.1) is 0 Å². The van der Waals surface area contributed by atoms with Crippen LogP contribution in [0.5, 0.6) is 0 Å². The Morgan fingerprint density at radius 1 is 1.06 bits per heavy atom. The zero-order valence-corrected chi connectivity index (χ0v) is 19.3. The molecule has 0 amide bonds. The van der Waals surface area contributed by atoms with Crippen molar-refractivity contribution in [1.82, 2.24) is 14.1 Å². The molecule has 1 aliphatic carbocycles. The lowest BCUT2D eigenvalue weighted by Crippen LogP contribution is -2.58. The van der Waals surface area contributed by atoms with Crippen molar-refractivity contribution < 1.29 is 17.9 Å². The second-order valence-corrected chi connectivity index (χ2v) is 10.7. The molecule has 0 spiro atoms. The van der Waals surface area contributed by atoms with Gasteiger partial charge in [-0.2, -0.15) is 0 Å². The smallest absolute Gasteiger partial charge is 0.308 e. The van der Waals surface area contributed by atoms with Gasteiger partial charge in [0.1, 0.15) is 0 Å². The molecule has 3 aliphatic rings. The number of sulfonamides is 1. The molecule has 1 saturated carbocycles. The van der Waals surface area contributed by atoms with Crippen LogP contribution in [0.1, 0.15) is 38.2 Å². The summed E-state index contributed by atoms with van der Waals surface area (Å²) in [4.78, 5) is 21.0. The highest BCUT2D eigenvalue weighted by atomic mass is 32.2. The number of carbonyl (C=O) groups excluding carboxylic acids is 1. The molecule has 4 rings (SSSR count).